The van der Waals surface area contributed by atoms with Gasteiger partial charge in [-0.2, -0.15) is 0 Å². The first kappa shape index (κ1) is 12.1. The number of anilines is 1. The highest BCUT2D eigenvalue weighted by molar-refractivity contribution is 7.17. The van der Waals surface area contributed by atoms with Gasteiger partial charge >= 0.3 is 0 Å². The van der Waals surface area contributed by atoms with Gasteiger partial charge < -0.3 is 5.73 Å². The van der Waals surface area contributed by atoms with Crippen LogP contribution >= 0.6 is 11.3 Å². The molecule has 0 spiro atoms. The van der Waals surface area contributed by atoms with Gasteiger partial charge in [0.15, 0.2) is 0 Å². The normalized spacial score (nSPS) is 11.1. The zero-order valence-electron chi connectivity index (χ0n) is 10.5. The molecule has 0 atom stereocenters. The summed E-state index contributed by atoms with van der Waals surface area (Å²) >= 11 is 1.62. The van der Waals surface area contributed by atoms with Crippen LogP contribution in [0, 0.1) is 5.82 Å². The third kappa shape index (κ3) is 2.08. The average Bonchev–Trinajstić information content (AvgIpc) is 2.81. The summed E-state index contributed by atoms with van der Waals surface area (Å²) in [4.78, 5) is 4.37. The van der Waals surface area contributed by atoms with Gasteiger partial charge in [0, 0.05) is 21.2 Å². The molecule has 2 aromatic heterocycles. The minimum atomic E-state index is -0.214. The molecule has 0 unspecified atom stereocenters. The first-order valence-corrected chi connectivity index (χ1v) is 6.99. The SMILES string of the molecule is CCc1nc(N)ccc1-c1csc2ccc(F)cc12. The number of pyridine rings is 1. The van der Waals surface area contributed by atoms with Crippen LogP contribution < -0.4 is 5.73 Å². The molecule has 96 valence electrons. The van der Waals surface area contributed by atoms with Gasteiger partial charge in [0.05, 0.1) is 5.69 Å². The molecule has 0 bridgehead atoms. The second-order valence-electron chi connectivity index (χ2n) is 4.37. The lowest BCUT2D eigenvalue weighted by Crippen LogP contribution is -1.97. The van der Waals surface area contributed by atoms with Gasteiger partial charge in [-0.3, -0.25) is 0 Å². The highest BCUT2D eigenvalue weighted by atomic mass is 32.1. The number of fused-ring (bicyclic) bond motifs is 1. The van der Waals surface area contributed by atoms with Gasteiger partial charge in [-0.15, -0.1) is 11.3 Å². The van der Waals surface area contributed by atoms with Crippen LogP contribution in [-0.2, 0) is 6.42 Å². The Labute approximate surface area is 114 Å². The van der Waals surface area contributed by atoms with Gasteiger partial charge in [0.1, 0.15) is 11.6 Å². The molecule has 0 amide bonds. The van der Waals surface area contributed by atoms with Crippen molar-refractivity contribution in [3.05, 3.63) is 47.2 Å². The van der Waals surface area contributed by atoms with Gasteiger partial charge in [-0.05, 0) is 42.1 Å². The summed E-state index contributed by atoms with van der Waals surface area (Å²) in [5.74, 6) is 0.305. The highest BCUT2D eigenvalue weighted by Gasteiger charge is 2.11. The molecule has 0 aliphatic heterocycles. The molecular weight excluding hydrogens is 259 g/mol. The van der Waals surface area contributed by atoms with Crippen LogP contribution in [0.1, 0.15) is 12.6 Å². The second kappa shape index (κ2) is 4.63. The molecule has 3 aromatic rings. The maximum atomic E-state index is 13.4. The minimum absolute atomic E-state index is 0.214. The quantitative estimate of drug-likeness (QED) is 0.757. The summed E-state index contributed by atoms with van der Waals surface area (Å²) in [6, 6.07) is 8.64. The van der Waals surface area contributed by atoms with Crippen LogP contribution in [0.5, 0.6) is 0 Å². The van der Waals surface area contributed by atoms with Crippen molar-refractivity contribution < 1.29 is 4.39 Å². The standard InChI is InChI=1S/C15H13FN2S/c1-2-13-10(4-6-15(17)18-13)12-8-19-14-5-3-9(16)7-11(12)14/h3-8H,2H2,1H3,(H2,17,18). The summed E-state index contributed by atoms with van der Waals surface area (Å²) in [6.45, 7) is 2.04. The van der Waals surface area contributed by atoms with Gasteiger partial charge in [0.25, 0.3) is 0 Å². The van der Waals surface area contributed by atoms with Crippen molar-refractivity contribution in [2.75, 3.05) is 5.73 Å². The van der Waals surface area contributed by atoms with Gasteiger partial charge in [-0.1, -0.05) is 6.92 Å². The highest BCUT2D eigenvalue weighted by Crippen LogP contribution is 2.36. The Kier molecular flexibility index (Phi) is 2.95. The molecule has 3 rings (SSSR count). The zero-order valence-corrected chi connectivity index (χ0v) is 11.3. The van der Waals surface area contributed by atoms with E-state index in [1.807, 2.05) is 19.1 Å². The number of aryl methyl sites for hydroxylation is 1. The number of rotatable bonds is 2. The van der Waals surface area contributed by atoms with Crippen molar-refractivity contribution in [1.82, 2.24) is 4.98 Å². The first-order chi connectivity index (χ1) is 9.19. The molecule has 0 saturated heterocycles. The Balaban J connectivity index is 2.27. The molecule has 19 heavy (non-hydrogen) atoms. The maximum absolute atomic E-state index is 13.4. The molecule has 1 aromatic carbocycles. The summed E-state index contributed by atoms with van der Waals surface area (Å²) in [5.41, 5.74) is 8.74. The van der Waals surface area contributed by atoms with Crippen LogP contribution in [0.2, 0.25) is 0 Å². The van der Waals surface area contributed by atoms with E-state index in [9.17, 15) is 4.39 Å². The van der Waals surface area contributed by atoms with Crippen molar-refractivity contribution in [2.24, 2.45) is 0 Å². The number of nitrogens with two attached hydrogens (primary N) is 1. The predicted octanol–water partition coefficient (Wildman–Crippen LogP) is 4.25. The molecule has 0 radical (unpaired) electrons. The monoisotopic (exact) mass is 272 g/mol. The largest absolute Gasteiger partial charge is 0.384 e. The van der Waals surface area contributed by atoms with Gasteiger partial charge in [-0.25, -0.2) is 9.37 Å². The van der Waals surface area contributed by atoms with Crippen molar-refractivity contribution in [1.29, 1.82) is 0 Å². The smallest absolute Gasteiger partial charge is 0.123 e. The lowest BCUT2D eigenvalue weighted by Gasteiger charge is -2.07. The molecule has 0 aliphatic rings. The number of hydrogen-bond acceptors (Lipinski definition) is 3. The van der Waals surface area contributed by atoms with Crippen molar-refractivity contribution in [3.8, 4) is 11.1 Å². The molecule has 2 heterocycles. The summed E-state index contributed by atoms with van der Waals surface area (Å²) < 4.78 is 14.5. The average molecular weight is 272 g/mol. The van der Waals surface area contributed by atoms with Crippen LogP contribution in [0.3, 0.4) is 0 Å². The number of aromatic nitrogens is 1. The van der Waals surface area contributed by atoms with E-state index < -0.39 is 0 Å². The van der Waals surface area contributed by atoms with E-state index in [1.165, 1.54) is 6.07 Å². The van der Waals surface area contributed by atoms with Crippen LogP contribution in [-0.4, -0.2) is 4.98 Å². The first-order valence-electron chi connectivity index (χ1n) is 6.11. The lowest BCUT2D eigenvalue weighted by atomic mass is 10.0. The summed E-state index contributed by atoms with van der Waals surface area (Å²) in [7, 11) is 0. The number of nitrogens with zero attached hydrogens (tertiary/aromatic N) is 1. The number of halogens is 1. The number of hydrogen-bond donors (Lipinski definition) is 1. The zero-order chi connectivity index (χ0) is 13.4. The number of thiophene rings is 1. The molecule has 0 saturated carbocycles. The lowest BCUT2D eigenvalue weighted by molar-refractivity contribution is 0.630. The topological polar surface area (TPSA) is 38.9 Å². The third-order valence-electron chi connectivity index (χ3n) is 3.16. The van der Waals surface area contributed by atoms with E-state index in [4.69, 9.17) is 5.73 Å². The van der Waals surface area contributed by atoms with Crippen molar-refractivity contribution in [3.63, 3.8) is 0 Å². The predicted molar refractivity (Wildman–Crippen MR) is 78.8 cm³/mol. The molecule has 0 fully saturated rings. The Morgan fingerprint density at radius 3 is 2.84 bits per heavy atom. The van der Waals surface area contributed by atoms with Crippen LogP contribution in [0.25, 0.3) is 21.2 Å². The fourth-order valence-electron chi connectivity index (χ4n) is 2.24. The Bertz CT molecular complexity index is 749. The number of nitrogen functional groups attached to an aromatic ring is 1. The van der Waals surface area contributed by atoms with E-state index in [0.29, 0.717) is 5.82 Å². The van der Waals surface area contributed by atoms with Crippen molar-refractivity contribution >= 4 is 27.2 Å². The summed E-state index contributed by atoms with van der Waals surface area (Å²) in [5, 5.41) is 2.99. The Morgan fingerprint density at radius 1 is 1.21 bits per heavy atom. The van der Waals surface area contributed by atoms with E-state index in [1.54, 1.807) is 23.5 Å². The maximum Gasteiger partial charge on any atom is 0.123 e. The van der Waals surface area contributed by atoms with Crippen LogP contribution in [0.15, 0.2) is 35.7 Å². The minimum Gasteiger partial charge on any atom is -0.384 e. The fraction of sp³-hybridized carbons (Fsp3) is 0.133. The fourth-order valence-corrected chi connectivity index (χ4v) is 3.18. The molecule has 2 nitrogen and oxygen atoms in total. The Morgan fingerprint density at radius 2 is 2.05 bits per heavy atom. The van der Waals surface area contributed by atoms with Crippen molar-refractivity contribution in [2.45, 2.75) is 13.3 Å². The molecule has 4 heteroatoms. The third-order valence-corrected chi connectivity index (χ3v) is 4.12. The number of benzene rings is 1. The van der Waals surface area contributed by atoms with Gasteiger partial charge in [0.2, 0.25) is 0 Å². The second-order valence-corrected chi connectivity index (χ2v) is 5.29. The molecular formula is C15H13FN2S. The van der Waals surface area contributed by atoms with E-state index in [2.05, 4.69) is 10.4 Å². The molecule has 2 N–H and O–H groups in total. The van der Waals surface area contributed by atoms with E-state index in [-0.39, 0.29) is 5.82 Å². The van der Waals surface area contributed by atoms with E-state index in [0.717, 1.165) is 33.3 Å². The van der Waals surface area contributed by atoms with E-state index >= 15 is 0 Å². The summed E-state index contributed by atoms with van der Waals surface area (Å²) in [6.07, 6.45) is 0.799. The van der Waals surface area contributed by atoms with Crippen LogP contribution in [0.4, 0.5) is 10.2 Å². The molecule has 0 aliphatic carbocycles. The Hall–Kier alpha value is -1.94.